The summed E-state index contributed by atoms with van der Waals surface area (Å²) in [5.74, 6) is 0.450. The number of amides is 2. The molecule has 2 aliphatic rings. The molecule has 0 N–H and O–H groups in total. The van der Waals surface area contributed by atoms with E-state index in [0.29, 0.717) is 31.8 Å². The average Bonchev–Trinajstić information content (AvgIpc) is 2.81. The summed E-state index contributed by atoms with van der Waals surface area (Å²) in [4.78, 5) is 34.2. The molecule has 32 heavy (non-hydrogen) atoms. The first-order valence-electron chi connectivity index (χ1n) is 11.6. The van der Waals surface area contributed by atoms with E-state index in [1.165, 1.54) is 17.7 Å². The number of aromatic nitrogens is 1. The largest absolute Gasteiger partial charge is 0.342 e. The van der Waals surface area contributed by atoms with Gasteiger partial charge < -0.3 is 9.80 Å². The molecule has 2 aliphatic heterocycles. The minimum absolute atomic E-state index is 0.0422. The van der Waals surface area contributed by atoms with Gasteiger partial charge in [-0.15, -0.1) is 0 Å². The van der Waals surface area contributed by atoms with Crippen LogP contribution < -0.4 is 0 Å². The summed E-state index contributed by atoms with van der Waals surface area (Å²) in [5, 5.41) is 0. The van der Waals surface area contributed by atoms with Gasteiger partial charge in [0, 0.05) is 44.0 Å². The molecule has 0 unspecified atom stereocenters. The van der Waals surface area contributed by atoms with Gasteiger partial charge in [0.05, 0.1) is 6.42 Å². The van der Waals surface area contributed by atoms with Crippen LogP contribution in [0.3, 0.4) is 0 Å². The molecule has 0 aliphatic carbocycles. The Morgan fingerprint density at radius 2 is 1.81 bits per heavy atom. The number of rotatable bonds is 5. The molecule has 6 heteroatoms. The van der Waals surface area contributed by atoms with Gasteiger partial charge in [-0.05, 0) is 67.3 Å². The Balaban J connectivity index is 1.30. The van der Waals surface area contributed by atoms with Crippen LogP contribution >= 0.6 is 0 Å². The highest BCUT2D eigenvalue weighted by atomic mass is 19.1. The number of likely N-dealkylation sites (tertiary alicyclic amines) is 2. The van der Waals surface area contributed by atoms with Gasteiger partial charge in [0.1, 0.15) is 5.82 Å². The predicted molar refractivity (Wildman–Crippen MR) is 121 cm³/mol. The van der Waals surface area contributed by atoms with Crippen LogP contribution in [-0.2, 0) is 22.4 Å². The van der Waals surface area contributed by atoms with Gasteiger partial charge >= 0.3 is 0 Å². The van der Waals surface area contributed by atoms with E-state index in [-0.39, 0.29) is 24.1 Å². The second kappa shape index (κ2) is 9.80. The molecule has 1 aromatic heterocycles. The Labute approximate surface area is 189 Å². The van der Waals surface area contributed by atoms with Crippen molar-refractivity contribution in [2.24, 2.45) is 11.3 Å². The number of carbonyl (C=O) groups is 2. The number of halogens is 1. The lowest BCUT2D eigenvalue weighted by molar-refractivity contribution is -0.148. The van der Waals surface area contributed by atoms with Crippen molar-refractivity contribution in [3.05, 3.63) is 65.7 Å². The molecule has 1 atom stereocenters. The van der Waals surface area contributed by atoms with Gasteiger partial charge in [-0.25, -0.2) is 4.39 Å². The summed E-state index contributed by atoms with van der Waals surface area (Å²) >= 11 is 0. The van der Waals surface area contributed by atoms with Crippen molar-refractivity contribution in [2.45, 2.75) is 45.4 Å². The lowest BCUT2D eigenvalue weighted by atomic mass is 9.78. The third-order valence-electron chi connectivity index (χ3n) is 7.06. The molecule has 0 spiro atoms. The molecular formula is C26H32FN3O2. The van der Waals surface area contributed by atoms with Crippen LogP contribution in [0.1, 0.15) is 43.7 Å². The summed E-state index contributed by atoms with van der Waals surface area (Å²) < 4.78 is 13.1. The van der Waals surface area contributed by atoms with E-state index < -0.39 is 5.41 Å². The van der Waals surface area contributed by atoms with Crippen LogP contribution in [-0.4, -0.2) is 52.8 Å². The van der Waals surface area contributed by atoms with Gasteiger partial charge in [-0.3, -0.25) is 14.6 Å². The standard InChI is InChI=1S/C26H32FN3O2/c1-26(10-14-29(15-11-26)24(31)17-20-6-8-23(27)9-7-20)25(32)30-13-3-5-22(19-30)16-21-4-2-12-28-18-21/h2,4,6-9,12,18,22H,3,5,10-11,13-17,19H2,1H3/t22-/m0/s1. The van der Waals surface area contributed by atoms with E-state index >= 15 is 0 Å². The number of piperidine rings is 2. The first-order chi connectivity index (χ1) is 15.4. The molecule has 170 valence electrons. The van der Waals surface area contributed by atoms with Crippen molar-refractivity contribution in [2.75, 3.05) is 26.2 Å². The smallest absolute Gasteiger partial charge is 0.228 e. The van der Waals surface area contributed by atoms with Gasteiger partial charge in [-0.1, -0.05) is 25.1 Å². The summed E-state index contributed by atoms with van der Waals surface area (Å²) in [7, 11) is 0. The molecule has 3 heterocycles. The summed E-state index contributed by atoms with van der Waals surface area (Å²) in [6, 6.07) is 10.1. The minimum atomic E-state index is -0.414. The summed E-state index contributed by atoms with van der Waals surface area (Å²) in [6.45, 7) is 4.87. The Hall–Kier alpha value is -2.76. The van der Waals surface area contributed by atoms with Crippen LogP contribution in [0.25, 0.3) is 0 Å². The maximum atomic E-state index is 13.4. The molecule has 0 radical (unpaired) electrons. The highest BCUT2D eigenvalue weighted by molar-refractivity contribution is 5.83. The fourth-order valence-corrected chi connectivity index (χ4v) is 5.00. The van der Waals surface area contributed by atoms with Crippen LogP contribution in [0.2, 0.25) is 0 Å². The van der Waals surface area contributed by atoms with Crippen LogP contribution in [0, 0.1) is 17.2 Å². The molecule has 2 aromatic rings. The van der Waals surface area contributed by atoms with Crippen molar-refractivity contribution >= 4 is 11.8 Å². The number of benzene rings is 1. The zero-order valence-corrected chi connectivity index (χ0v) is 18.8. The average molecular weight is 438 g/mol. The summed E-state index contributed by atoms with van der Waals surface area (Å²) in [6.07, 6.45) is 8.48. The zero-order valence-electron chi connectivity index (χ0n) is 18.8. The maximum Gasteiger partial charge on any atom is 0.228 e. The van der Waals surface area contributed by atoms with E-state index in [9.17, 15) is 14.0 Å². The number of hydrogen-bond acceptors (Lipinski definition) is 3. The number of pyridine rings is 1. The van der Waals surface area contributed by atoms with E-state index in [1.807, 2.05) is 17.2 Å². The van der Waals surface area contributed by atoms with E-state index in [2.05, 4.69) is 22.9 Å². The zero-order chi connectivity index (χ0) is 22.6. The SMILES string of the molecule is CC1(C(=O)N2CCC[C@@H](Cc3cccnc3)C2)CCN(C(=O)Cc2ccc(F)cc2)CC1. The molecule has 0 bridgehead atoms. The number of hydrogen-bond donors (Lipinski definition) is 0. The topological polar surface area (TPSA) is 53.5 Å². The van der Waals surface area contributed by atoms with Crippen LogP contribution in [0.15, 0.2) is 48.8 Å². The van der Waals surface area contributed by atoms with Gasteiger partial charge in [0.25, 0.3) is 0 Å². The molecule has 2 fully saturated rings. The third-order valence-corrected chi connectivity index (χ3v) is 7.06. The lowest BCUT2D eigenvalue weighted by Gasteiger charge is -2.43. The van der Waals surface area contributed by atoms with Gasteiger partial charge in [-0.2, -0.15) is 0 Å². The Bertz CT molecular complexity index is 924. The monoisotopic (exact) mass is 437 g/mol. The van der Waals surface area contributed by atoms with Gasteiger partial charge in [0.2, 0.25) is 11.8 Å². The molecule has 1 aromatic carbocycles. The van der Waals surface area contributed by atoms with Crippen LogP contribution in [0.5, 0.6) is 0 Å². The van der Waals surface area contributed by atoms with Crippen LogP contribution in [0.4, 0.5) is 4.39 Å². The number of carbonyl (C=O) groups excluding carboxylic acids is 2. The maximum absolute atomic E-state index is 13.4. The molecule has 2 amide bonds. The molecule has 2 saturated heterocycles. The molecular weight excluding hydrogens is 405 g/mol. The van der Waals surface area contributed by atoms with Crippen molar-refractivity contribution in [3.8, 4) is 0 Å². The third kappa shape index (κ3) is 5.34. The van der Waals surface area contributed by atoms with E-state index in [1.54, 1.807) is 18.3 Å². The van der Waals surface area contributed by atoms with E-state index in [4.69, 9.17) is 0 Å². The second-order valence-corrected chi connectivity index (χ2v) is 9.57. The van der Waals surface area contributed by atoms with Crippen molar-refractivity contribution < 1.29 is 14.0 Å². The van der Waals surface area contributed by atoms with Crippen molar-refractivity contribution in [3.63, 3.8) is 0 Å². The van der Waals surface area contributed by atoms with Crippen molar-refractivity contribution in [1.82, 2.24) is 14.8 Å². The Morgan fingerprint density at radius 1 is 1.06 bits per heavy atom. The molecule has 4 rings (SSSR count). The molecule has 5 nitrogen and oxygen atoms in total. The summed E-state index contributed by atoms with van der Waals surface area (Å²) in [5.41, 5.74) is 1.63. The fourth-order valence-electron chi connectivity index (χ4n) is 5.00. The first-order valence-corrected chi connectivity index (χ1v) is 11.6. The highest BCUT2D eigenvalue weighted by Crippen LogP contribution is 2.35. The van der Waals surface area contributed by atoms with Gasteiger partial charge in [0.15, 0.2) is 0 Å². The Morgan fingerprint density at radius 3 is 2.50 bits per heavy atom. The first kappa shape index (κ1) is 22.4. The van der Waals surface area contributed by atoms with E-state index in [0.717, 1.165) is 37.9 Å². The Kier molecular flexibility index (Phi) is 6.87. The molecule has 0 saturated carbocycles. The van der Waals surface area contributed by atoms with Crippen molar-refractivity contribution in [1.29, 1.82) is 0 Å². The predicted octanol–water partition coefficient (Wildman–Crippen LogP) is 3.87. The number of nitrogens with zero attached hydrogens (tertiary/aromatic N) is 3. The quantitative estimate of drug-likeness (QED) is 0.714. The second-order valence-electron chi connectivity index (χ2n) is 9.57. The highest BCUT2D eigenvalue weighted by Gasteiger charge is 2.41. The lowest BCUT2D eigenvalue weighted by Crippen LogP contribution is -2.52. The normalized spacial score (nSPS) is 20.8. The fraction of sp³-hybridized carbons (Fsp3) is 0.500. The minimum Gasteiger partial charge on any atom is -0.342 e.